The highest BCUT2D eigenvalue weighted by Crippen LogP contribution is 2.24. The zero-order valence-electron chi connectivity index (χ0n) is 9.75. The first kappa shape index (κ1) is 11.4. The van der Waals surface area contributed by atoms with Crippen LogP contribution in [0.1, 0.15) is 18.4 Å². The first-order chi connectivity index (χ1) is 7.66. The van der Waals surface area contributed by atoms with Crippen molar-refractivity contribution in [2.24, 2.45) is 5.92 Å². The molecule has 1 aliphatic heterocycles. The van der Waals surface area contributed by atoms with Gasteiger partial charge in [0.2, 0.25) is 0 Å². The van der Waals surface area contributed by atoms with Gasteiger partial charge in [-0.25, -0.2) is 4.39 Å². The van der Waals surface area contributed by atoms with Crippen LogP contribution in [0.3, 0.4) is 0 Å². The highest BCUT2D eigenvalue weighted by Gasteiger charge is 2.18. The number of hydrogen-bond acceptors (Lipinski definition) is 2. The fourth-order valence-corrected chi connectivity index (χ4v) is 2.51. The number of para-hydroxylation sites is 1. The maximum Gasteiger partial charge on any atom is 0.146 e. The van der Waals surface area contributed by atoms with Crippen LogP contribution in [0.5, 0.6) is 0 Å². The summed E-state index contributed by atoms with van der Waals surface area (Å²) in [7, 11) is 2.14. The third kappa shape index (κ3) is 2.53. The summed E-state index contributed by atoms with van der Waals surface area (Å²) in [5, 5.41) is 0. The van der Waals surface area contributed by atoms with Gasteiger partial charge in [0.1, 0.15) is 5.82 Å². The van der Waals surface area contributed by atoms with E-state index in [0.29, 0.717) is 11.6 Å². The minimum absolute atomic E-state index is 0.290. The number of halogens is 1. The first-order valence-electron chi connectivity index (χ1n) is 5.88. The van der Waals surface area contributed by atoms with E-state index < -0.39 is 0 Å². The molecular weight excluding hydrogens is 203 g/mol. The molecule has 2 nitrogen and oxygen atoms in total. The lowest BCUT2D eigenvalue weighted by atomic mass is 9.91. The average molecular weight is 222 g/mol. The van der Waals surface area contributed by atoms with E-state index in [2.05, 4.69) is 11.9 Å². The second kappa shape index (κ2) is 4.83. The Labute approximate surface area is 96.2 Å². The second-order valence-electron chi connectivity index (χ2n) is 4.79. The van der Waals surface area contributed by atoms with E-state index in [4.69, 9.17) is 5.73 Å². The van der Waals surface area contributed by atoms with E-state index in [9.17, 15) is 4.39 Å². The molecule has 0 saturated carbocycles. The largest absolute Gasteiger partial charge is 0.396 e. The molecule has 1 aliphatic rings. The number of benzene rings is 1. The Morgan fingerprint density at radius 2 is 2.31 bits per heavy atom. The summed E-state index contributed by atoms with van der Waals surface area (Å²) in [6.45, 7) is 2.27. The maximum absolute atomic E-state index is 13.3. The average Bonchev–Trinajstić information content (AvgIpc) is 2.25. The highest BCUT2D eigenvalue weighted by atomic mass is 19.1. The van der Waals surface area contributed by atoms with Crippen LogP contribution < -0.4 is 5.73 Å². The third-order valence-electron chi connectivity index (χ3n) is 3.37. The number of nitrogens with zero attached hydrogens (tertiary/aromatic N) is 1. The Morgan fingerprint density at radius 1 is 1.50 bits per heavy atom. The van der Waals surface area contributed by atoms with E-state index >= 15 is 0 Å². The van der Waals surface area contributed by atoms with Gasteiger partial charge in [0.05, 0.1) is 5.69 Å². The van der Waals surface area contributed by atoms with Crippen LogP contribution in [0.15, 0.2) is 18.2 Å². The van der Waals surface area contributed by atoms with Crippen molar-refractivity contribution in [3.8, 4) is 0 Å². The van der Waals surface area contributed by atoms with E-state index in [1.807, 2.05) is 6.07 Å². The summed E-state index contributed by atoms with van der Waals surface area (Å²) in [6, 6.07) is 5.10. The van der Waals surface area contributed by atoms with Crippen LogP contribution in [-0.2, 0) is 6.42 Å². The molecule has 1 aromatic rings. The normalized spacial score (nSPS) is 22.2. The number of nitrogens with two attached hydrogens (primary N) is 1. The fourth-order valence-electron chi connectivity index (χ4n) is 2.51. The highest BCUT2D eigenvalue weighted by molar-refractivity contribution is 5.48. The molecule has 0 radical (unpaired) electrons. The number of likely N-dealkylation sites (tertiary alicyclic amines) is 1. The molecule has 0 aromatic heterocycles. The lowest BCUT2D eigenvalue weighted by Crippen LogP contribution is -2.33. The number of piperidine rings is 1. The monoisotopic (exact) mass is 222 g/mol. The Balaban J connectivity index is 2.05. The Morgan fingerprint density at radius 3 is 3.06 bits per heavy atom. The Hall–Kier alpha value is -1.09. The van der Waals surface area contributed by atoms with Crippen LogP contribution in [0.25, 0.3) is 0 Å². The molecule has 1 saturated heterocycles. The van der Waals surface area contributed by atoms with Crippen molar-refractivity contribution in [2.45, 2.75) is 19.3 Å². The van der Waals surface area contributed by atoms with E-state index in [1.54, 1.807) is 6.07 Å². The fraction of sp³-hybridized carbons (Fsp3) is 0.538. The smallest absolute Gasteiger partial charge is 0.146 e. The van der Waals surface area contributed by atoms with E-state index in [-0.39, 0.29) is 5.82 Å². The third-order valence-corrected chi connectivity index (χ3v) is 3.37. The van der Waals surface area contributed by atoms with Crippen LogP contribution in [0, 0.1) is 11.7 Å². The predicted octanol–water partition coefficient (Wildman–Crippen LogP) is 2.29. The Kier molecular flexibility index (Phi) is 3.44. The standard InChI is InChI=1S/C13H19FN2/c1-16-7-3-4-10(9-16)8-11-5-2-6-12(14)13(11)15/h2,5-6,10H,3-4,7-9,15H2,1H3. The molecule has 1 aromatic carbocycles. The summed E-state index contributed by atoms with van der Waals surface area (Å²) in [5.41, 5.74) is 7.03. The number of rotatable bonds is 2. The molecule has 1 unspecified atom stereocenters. The van der Waals surface area contributed by atoms with Crippen molar-refractivity contribution in [3.63, 3.8) is 0 Å². The summed E-state index contributed by atoms with van der Waals surface area (Å²) >= 11 is 0. The molecule has 2 rings (SSSR count). The van der Waals surface area contributed by atoms with E-state index in [1.165, 1.54) is 25.5 Å². The molecular formula is C13H19FN2. The molecule has 0 amide bonds. The Bertz CT molecular complexity index is 365. The quantitative estimate of drug-likeness (QED) is 0.778. The minimum Gasteiger partial charge on any atom is -0.396 e. The number of nitrogen functional groups attached to an aromatic ring is 1. The van der Waals surface area contributed by atoms with Gasteiger partial charge < -0.3 is 10.6 Å². The molecule has 0 bridgehead atoms. The summed E-state index contributed by atoms with van der Waals surface area (Å²) < 4.78 is 13.3. The summed E-state index contributed by atoms with van der Waals surface area (Å²) in [5.74, 6) is 0.324. The summed E-state index contributed by atoms with van der Waals surface area (Å²) in [6.07, 6.45) is 3.35. The molecule has 2 N–H and O–H groups in total. The second-order valence-corrected chi connectivity index (χ2v) is 4.79. The van der Waals surface area contributed by atoms with E-state index in [0.717, 1.165) is 18.5 Å². The minimum atomic E-state index is -0.290. The molecule has 0 spiro atoms. The van der Waals surface area contributed by atoms with Gasteiger partial charge in [-0.1, -0.05) is 12.1 Å². The zero-order chi connectivity index (χ0) is 11.5. The van der Waals surface area contributed by atoms with Crippen LogP contribution in [0.4, 0.5) is 10.1 Å². The number of hydrogen-bond donors (Lipinski definition) is 1. The molecule has 1 heterocycles. The van der Waals surface area contributed by atoms with Gasteiger partial charge in [-0.05, 0) is 50.4 Å². The lowest BCUT2D eigenvalue weighted by Gasteiger charge is -2.29. The van der Waals surface area contributed by atoms with Crippen molar-refractivity contribution in [2.75, 3.05) is 25.9 Å². The lowest BCUT2D eigenvalue weighted by molar-refractivity contribution is 0.209. The SMILES string of the molecule is CN1CCCC(Cc2cccc(F)c2N)C1. The van der Waals surface area contributed by atoms with Crippen LogP contribution >= 0.6 is 0 Å². The zero-order valence-corrected chi connectivity index (χ0v) is 9.75. The first-order valence-corrected chi connectivity index (χ1v) is 5.88. The van der Waals surface area contributed by atoms with Crippen LogP contribution in [0.2, 0.25) is 0 Å². The van der Waals surface area contributed by atoms with Crippen molar-refractivity contribution in [1.29, 1.82) is 0 Å². The molecule has 3 heteroatoms. The molecule has 16 heavy (non-hydrogen) atoms. The van der Waals surface area contributed by atoms with Gasteiger partial charge >= 0.3 is 0 Å². The van der Waals surface area contributed by atoms with Gasteiger partial charge in [0.25, 0.3) is 0 Å². The maximum atomic E-state index is 13.3. The van der Waals surface area contributed by atoms with Crippen molar-refractivity contribution in [3.05, 3.63) is 29.6 Å². The van der Waals surface area contributed by atoms with Crippen molar-refractivity contribution >= 4 is 5.69 Å². The molecule has 1 fully saturated rings. The van der Waals surface area contributed by atoms with Crippen molar-refractivity contribution in [1.82, 2.24) is 4.90 Å². The molecule has 0 aliphatic carbocycles. The van der Waals surface area contributed by atoms with Gasteiger partial charge in [0, 0.05) is 6.54 Å². The summed E-state index contributed by atoms with van der Waals surface area (Å²) in [4.78, 5) is 2.34. The topological polar surface area (TPSA) is 29.3 Å². The van der Waals surface area contributed by atoms with Crippen molar-refractivity contribution < 1.29 is 4.39 Å². The van der Waals surface area contributed by atoms with Gasteiger partial charge in [-0.15, -0.1) is 0 Å². The predicted molar refractivity (Wildman–Crippen MR) is 64.7 cm³/mol. The molecule has 1 atom stereocenters. The molecule has 88 valence electrons. The van der Waals surface area contributed by atoms with Crippen LogP contribution in [-0.4, -0.2) is 25.0 Å². The number of anilines is 1. The van der Waals surface area contributed by atoms with Gasteiger partial charge in [0.15, 0.2) is 0 Å². The van der Waals surface area contributed by atoms with Gasteiger partial charge in [-0.3, -0.25) is 0 Å². The van der Waals surface area contributed by atoms with Gasteiger partial charge in [-0.2, -0.15) is 0 Å².